The van der Waals surface area contributed by atoms with E-state index in [2.05, 4.69) is 0 Å². The van der Waals surface area contributed by atoms with Gasteiger partial charge in [-0.2, -0.15) is 0 Å². The molecule has 1 saturated carbocycles. The van der Waals surface area contributed by atoms with E-state index in [-0.39, 0.29) is 0 Å². The van der Waals surface area contributed by atoms with Gasteiger partial charge in [-0.25, -0.2) is 0 Å². The number of hydrogen-bond acceptors (Lipinski definition) is 11. The Hall–Kier alpha value is -0.440. The van der Waals surface area contributed by atoms with Gasteiger partial charge < -0.3 is 54.7 Å². The van der Waals surface area contributed by atoms with E-state index < -0.39 is 74.6 Å². The molecular weight excluding hydrogens is 416 g/mol. The lowest BCUT2D eigenvalue weighted by molar-refractivity contribution is -0.359. The van der Waals surface area contributed by atoms with Crippen LogP contribution in [-0.4, -0.2) is 117 Å². The molecule has 31 heavy (non-hydrogen) atoms. The normalized spacial score (nSPS) is 45.0. The molecule has 182 valence electrons. The van der Waals surface area contributed by atoms with Crippen molar-refractivity contribution < 1.29 is 54.7 Å². The van der Waals surface area contributed by atoms with Gasteiger partial charge in [0, 0.05) is 0 Å². The number of aliphatic hydroxyl groups excluding tert-OH is 7. The Morgan fingerprint density at radius 3 is 1.94 bits per heavy atom. The highest BCUT2D eigenvalue weighted by molar-refractivity contribution is 4.94. The van der Waals surface area contributed by atoms with Crippen molar-refractivity contribution in [1.82, 2.24) is 0 Å². The second kappa shape index (κ2) is 11.6. The fraction of sp³-hybridized carbons (Fsp3) is 1.00. The monoisotopic (exact) mass is 452 g/mol. The van der Waals surface area contributed by atoms with Crippen molar-refractivity contribution in [2.45, 2.75) is 99.9 Å². The van der Waals surface area contributed by atoms with Gasteiger partial charge in [0.15, 0.2) is 12.6 Å². The number of aliphatic hydroxyl groups is 7. The fourth-order valence-corrected chi connectivity index (χ4v) is 4.52. The fourth-order valence-electron chi connectivity index (χ4n) is 4.52. The van der Waals surface area contributed by atoms with Crippen molar-refractivity contribution in [3.05, 3.63) is 0 Å². The van der Waals surface area contributed by atoms with Crippen LogP contribution in [0.25, 0.3) is 0 Å². The highest BCUT2D eigenvalue weighted by Crippen LogP contribution is 2.30. The highest BCUT2D eigenvalue weighted by Gasteiger charge is 2.50. The maximum absolute atomic E-state index is 10.6. The van der Waals surface area contributed by atoms with Crippen LogP contribution in [0.4, 0.5) is 0 Å². The van der Waals surface area contributed by atoms with Crippen LogP contribution in [0.2, 0.25) is 0 Å². The van der Waals surface area contributed by atoms with Crippen molar-refractivity contribution in [2.75, 3.05) is 19.8 Å². The van der Waals surface area contributed by atoms with Crippen LogP contribution in [0.1, 0.15) is 38.5 Å². The largest absolute Gasteiger partial charge is 0.394 e. The third-order valence-corrected chi connectivity index (χ3v) is 6.49. The zero-order valence-corrected chi connectivity index (χ0v) is 17.5. The molecule has 0 spiro atoms. The molecule has 2 heterocycles. The van der Waals surface area contributed by atoms with Crippen LogP contribution in [0.15, 0.2) is 0 Å². The smallest absolute Gasteiger partial charge is 0.187 e. The number of ether oxygens (including phenoxy) is 4. The molecule has 11 nitrogen and oxygen atoms in total. The topological polar surface area (TPSA) is 179 Å². The molecule has 0 radical (unpaired) electrons. The van der Waals surface area contributed by atoms with E-state index >= 15 is 0 Å². The van der Waals surface area contributed by atoms with Crippen LogP contribution in [-0.2, 0) is 18.9 Å². The standard InChI is InChI=1S/C20H36O11/c21-8-11-13(23)14(24)16(26)20(29-11)31-18-12(9-22)30-19(17(27)15(18)25)28-7-6-10-4-2-1-3-5-10/h10-27H,1-9H2/t11-,12-,13-,14+,15-,16-,17-,18-,19-,20-/m1/s1. The molecule has 0 aromatic heterocycles. The molecule has 0 aromatic rings. The molecule has 2 aliphatic heterocycles. The second-order valence-electron chi connectivity index (χ2n) is 8.67. The third kappa shape index (κ3) is 5.92. The van der Waals surface area contributed by atoms with E-state index in [1.54, 1.807) is 0 Å². The molecule has 3 rings (SSSR count). The van der Waals surface area contributed by atoms with Crippen molar-refractivity contribution in [2.24, 2.45) is 5.92 Å². The Morgan fingerprint density at radius 1 is 0.677 bits per heavy atom. The Bertz CT molecular complexity index is 527. The minimum absolute atomic E-state index is 0.343. The van der Waals surface area contributed by atoms with Crippen LogP contribution < -0.4 is 0 Å². The maximum atomic E-state index is 10.6. The van der Waals surface area contributed by atoms with Gasteiger partial charge in [0.1, 0.15) is 48.8 Å². The number of rotatable bonds is 8. The molecule has 3 aliphatic rings. The lowest BCUT2D eigenvalue weighted by Gasteiger charge is -2.46. The van der Waals surface area contributed by atoms with E-state index in [0.717, 1.165) is 19.3 Å². The zero-order valence-electron chi connectivity index (χ0n) is 17.5. The summed E-state index contributed by atoms with van der Waals surface area (Å²) in [6.07, 6.45) is -7.49. The quantitative estimate of drug-likeness (QED) is 0.209. The minimum atomic E-state index is -1.69. The Morgan fingerprint density at radius 2 is 1.29 bits per heavy atom. The summed E-state index contributed by atoms with van der Waals surface area (Å²) in [5.74, 6) is 0.565. The predicted molar refractivity (Wildman–Crippen MR) is 104 cm³/mol. The average molecular weight is 452 g/mol. The first-order chi connectivity index (χ1) is 14.9. The summed E-state index contributed by atoms with van der Waals surface area (Å²) in [6.45, 7) is -0.874. The summed E-state index contributed by atoms with van der Waals surface area (Å²) in [6, 6.07) is 0. The van der Waals surface area contributed by atoms with Gasteiger partial charge in [-0.15, -0.1) is 0 Å². The molecule has 2 saturated heterocycles. The first-order valence-electron chi connectivity index (χ1n) is 11.1. The SMILES string of the molecule is OC[C@H]1O[C@H](O[C@H]2[C@H](O)[C@@H](O)[C@H](OCCC3CCCCC3)O[C@@H]2CO)[C@H](O)[C@@H](O)[C@@H]1O. The summed E-state index contributed by atoms with van der Waals surface area (Å²) >= 11 is 0. The predicted octanol–water partition coefficient (Wildman–Crippen LogP) is -2.40. The number of hydrogen-bond donors (Lipinski definition) is 7. The van der Waals surface area contributed by atoms with Crippen molar-refractivity contribution in [1.29, 1.82) is 0 Å². The summed E-state index contributed by atoms with van der Waals surface area (Å²) in [7, 11) is 0. The third-order valence-electron chi connectivity index (χ3n) is 6.49. The van der Waals surface area contributed by atoms with Crippen LogP contribution in [0, 0.1) is 5.92 Å². The van der Waals surface area contributed by atoms with Crippen molar-refractivity contribution in [3.63, 3.8) is 0 Å². The highest BCUT2D eigenvalue weighted by atomic mass is 16.7. The molecule has 10 atom stereocenters. The lowest BCUT2D eigenvalue weighted by Crippen LogP contribution is -2.64. The van der Waals surface area contributed by atoms with Crippen LogP contribution >= 0.6 is 0 Å². The lowest BCUT2D eigenvalue weighted by atomic mass is 9.87. The first kappa shape index (κ1) is 25.2. The van der Waals surface area contributed by atoms with Crippen molar-refractivity contribution in [3.8, 4) is 0 Å². The minimum Gasteiger partial charge on any atom is -0.394 e. The van der Waals surface area contributed by atoms with Gasteiger partial charge >= 0.3 is 0 Å². The Labute approximate surface area is 181 Å². The van der Waals surface area contributed by atoms with Gasteiger partial charge in [0.2, 0.25) is 0 Å². The molecular formula is C20H36O11. The molecule has 11 heteroatoms. The van der Waals surface area contributed by atoms with Gasteiger partial charge in [-0.1, -0.05) is 32.1 Å². The molecule has 0 bridgehead atoms. The second-order valence-corrected chi connectivity index (χ2v) is 8.67. The summed E-state index contributed by atoms with van der Waals surface area (Å²) in [5, 5.41) is 69.9. The van der Waals surface area contributed by atoms with E-state index in [9.17, 15) is 35.7 Å². The van der Waals surface area contributed by atoms with E-state index in [1.165, 1.54) is 19.3 Å². The average Bonchev–Trinajstić information content (AvgIpc) is 2.79. The molecule has 7 N–H and O–H groups in total. The van der Waals surface area contributed by atoms with Crippen molar-refractivity contribution >= 4 is 0 Å². The summed E-state index contributed by atoms with van der Waals surface area (Å²) in [4.78, 5) is 0. The molecule has 0 unspecified atom stereocenters. The Balaban J connectivity index is 1.57. The van der Waals surface area contributed by atoms with Gasteiger partial charge in [-0.05, 0) is 12.3 Å². The first-order valence-corrected chi connectivity index (χ1v) is 11.1. The van der Waals surface area contributed by atoms with E-state index in [0.29, 0.717) is 12.5 Å². The van der Waals surface area contributed by atoms with Gasteiger partial charge in [0.25, 0.3) is 0 Å². The Kier molecular flexibility index (Phi) is 9.44. The van der Waals surface area contributed by atoms with Gasteiger partial charge in [0.05, 0.1) is 19.8 Å². The molecule has 0 aromatic carbocycles. The maximum Gasteiger partial charge on any atom is 0.187 e. The zero-order chi connectivity index (χ0) is 22.5. The molecule has 3 fully saturated rings. The van der Waals surface area contributed by atoms with E-state index in [1.807, 2.05) is 0 Å². The summed E-state index contributed by atoms with van der Waals surface area (Å²) in [5.41, 5.74) is 0. The molecule has 1 aliphatic carbocycles. The van der Waals surface area contributed by atoms with E-state index in [4.69, 9.17) is 18.9 Å². The molecule has 0 amide bonds. The van der Waals surface area contributed by atoms with Crippen LogP contribution in [0.3, 0.4) is 0 Å². The van der Waals surface area contributed by atoms with Crippen LogP contribution in [0.5, 0.6) is 0 Å². The van der Waals surface area contributed by atoms with Gasteiger partial charge in [-0.3, -0.25) is 0 Å². The summed E-state index contributed by atoms with van der Waals surface area (Å²) < 4.78 is 22.0.